The molecule has 0 fully saturated rings. The Balaban J connectivity index is 1.89. The number of esters is 1. The van der Waals surface area contributed by atoms with Crippen molar-refractivity contribution >= 4 is 17.6 Å². The summed E-state index contributed by atoms with van der Waals surface area (Å²) >= 11 is 0. The van der Waals surface area contributed by atoms with Crippen molar-refractivity contribution in [3.63, 3.8) is 0 Å². The summed E-state index contributed by atoms with van der Waals surface area (Å²) in [6, 6.07) is 11.0. The SMILES string of the molecule is COC(=O)c1ccc(NC(=O)CCc2ccc(OC)c(F)c2)cc1. The monoisotopic (exact) mass is 331 g/mol. The summed E-state index contributed by atoms with van der Waals surface area (Å²) in [6.07, 6.45) is 0.623. The predicted molar refractivity (Wildman–Crippen MR) is 87.7 cm³/mol. The molecule has 0 atom stereocenters. The van der Waals surface area contributed by atoms with E-state index in [1.54, 1.807) is 30.3 Å². The molecule has 24 heavy (non-hydrogen) atoms. The molecule has 126 valence electrons. The van der Waals surface area contributed by atoms with Crippen molar-refractivity contribution < 1.29 is 23.5 Å². The van der Waals surface area contributed by atoms with Gasteiger partial charge in [-0.05, 0) is 48.4 Å². The Morgan fingerprint density at radius 3 is 2.38 bits per heavy atom. The first-order chi connectivity index (χ1) is 11.5. The molecule has 0 aliphatic heterocycles. The lowest BCUT2D eigenvalue weighted by Gasteiger charge is -2.07. The smallest absolute Gasteiger partial charge is 0.337 e. The van der Waals surface area contributed by atoms with E-state index in [-0.39, 0.29) is 18.1 Å². The molecule has 5 nitrogen and oxygen atoms in total. The quantitative estimate of drug-likeness (QED) is 0.826. The Hall–Kier alpha value is -2.89. The zero-order valence-electron chi connectivity index (χ0n) is 13.5. The Labute approximate surface area is 139 Å². The second-order valence-electron chi connectivity index (χ2n) is 5.09. The molecule has 0 aliphatic rings. The van der Waals surface area contributed by atoms with Gasteiger partial charge in [0.15, 0.2) is 11.6 Å². The molecule has 0 unspecified atom stereocenters. The highest BCUT2D eigenvalue weighted by Crippen LogP contribution is 2.18. The van der Waals surface area contributed by atoms with Gasteiger partial charge in [0.25, 0.3) is 0 Å². The van der Waals surface area contributed by atoms with E-state index >= 15 is 0 Å². The third-order valence-electron chi connectivity index (χ3n) is 3.45. The van der Waals surface area contributed by atoms with Crippen LogP contribution in [0.25, 0.3) is 0 Å². The Morgan fingerprint density at radius 1 is 1.08 bits per heavy atom. The summed E-state index contributed by atoms with van der Waals surface area (Å²) in [5.74, 6) is -0.908. The van der Waals surface area contributed by atoms with Gasteiger partial charge in [0.1, 0.15) is 0 Å². The number of nitrogens with one attached hydrogen (secondary N) is 1. The number of hydrogen-bond acceptors (Lipinski definition) is 4. The van der Waals surface area contributed by atoms with Crippen molar-refractivity contribution in [2.45, 2.75) is 12.8 Å². The van der Waals surface area contributed by atoms with Crippen LogP contribution in [0.1, 0.15) is 22.3 Å². The zero-order chi connectivity index (χ0) is 17.5. The van der Waals surface area contributed by atoms with Crippen LogP contribution in [-0.2, 0) is 16.0 Å². The molecule has 2 rings (SSSR count). The number of methoxy groups -OCH3 is 2. The number of hydrogen-bond donors (Lipinski definition) is 1. The maximum absolute atomic E-state index is 13.6. The van der Waals surface area contributed by atoms with Gasteiger partial charge < -0.3 is 14.8 Å². The van der Waals surface area contributed by atoms with Crippen molar-refractivity contribution in [3.05, 3.63) is 59.4 Å². The van der Waals surface area contributed by atoms with Crippen molar-refractivity contribution in [1.82, 2.24) is 0 Å². The fourth-order valence-corrected chi connectivity index (χ4v) is 2.15. The summed E-state index contributed by atoms with van der Waals surface area (Å²) in [7, 11) is 2.71. The normalized spacial score (nSPS) is 10.1. The number of carbonyl (C=O) groups excluding carboxylic acids is 2. The minimum Gasteiger partial charge on any atom is -0.494 e. The van der Waals surface area contributed by atoms with E-state index in [4.69, 9.17) is 4.74 Å². The average molecular weight is 331 g/mol. The maximum atomic E-state index is 13.6. The second-order valence-corrected chi connectivity index (χ2v) is 5.09. The number of ether oxygens (including phenoxy) is 2. The largest absolute Gasteiger partial charge is 0.494 e. The van der Waals surface area contributed by atoms with Crippen molar-refractivity contribution in [3.8, 4) is 5.75 Å². The number of anilines is 1. The second kappa shape index (κ2) is 8.10. The lowest BCUT2D eigenvalue weighted by Crippen LogP contribution is -2.12. The van der Waals surface area contributed by atoms with Crippen LogP contribution in [0.5, 0.6) is 5.75 Å². The van der Waals surface area contributed by atoms with E-state index < -0.39 is 11.8 Å². The standard InChI is InChI=1S/C18H18FNO4/c1-23-16-9-3-12(11-15(16)19)4-10-17(21)20-14-7-5-13(6-8-14)18(22)24-2/h3,5-9,11H,4,10H2,1-2H3,(H,20,21). The molecule has 0 saturated heterocycles. The van der Waals surface area contributed by atoms with Crippen molar-refractivity contribution in [2.75, 3.05) is 19.5 Å². The number of aryl methyl sites for hydroxylation is 1. The summed E-state index contributed by atoms with van der Waals surface area (Å²) in [5.41, 5.74) is 1.70. The molecule has 6 heteroatoms. The first-order valence-corrected chi connectivity index (χ1v) is 7.34. The third kappa shape index (κ3) is 4.55. The van der Waals surface area contributed by atoms with Gasteiger partial charge in [-0.3, -0.25) is 4.79 Å². The molecule has 0 aliphatic carbocycles. The van der Waals surface area contributed by atoms with Crippen LogP contribution in [0, 0.1) is 5.82 Å². The van der Waals surface area contributed by atoms with Crippen LogP contribution < -0.4 is 10.1 Å². The van der Waals surface area contributed by atoms with E-state index in [2.05, 4.69) is 10.1 Å². The molecule has 0 heterocycles. The first-order valence-electron chi connectivity index (χ1n) is 7.34. The van der Waals surface area contributed by atoms with Gasteiger partial charge in [-0.25, -0.2) is 9.18 Å². The molecule has 0 aromatic heterocycles. The number of carbonyl (C=O) groups is 2. The highest BCUT2D eigenvalue weighted by Gasteiger charge is 2.08. The molecule has 0 saturated carbocycles. The minimum atomic E-state index is -0.450. The van der Waals surface area contributed by atoms with E-state index in [1.807, 2.05) is 0 Å². The Morgan fingerprint density at radius 2 is 1.79 bits per heavy atom. The van der Waals surface area contributed by atoms with Gasteiger partial charge in [-0.15, -0.1) is 0 Å². The van der Waals surface area contributed by atoms with Crippen LogP contribution in [0.15, 0.2) is 42.5 Å². The summed E-state index contributed by atoms with van der Waals surface area (Å²) < 4.78 is 23.0. The highest BCUT2D eigenvalue weighted by atomic mass is 19.1. The van der Waals surface area contributed by atoms with Gasteiger partial charge in [0.05, 0.1) is 19.8 Å². The average Bonchev–Trinajstić information content (AvgIpc) is 2.60. The number of rotatable bonds is 6. The van der Waals surface area contributed by atoms with Gasteiger partial charge in [-0.2, -0.15) is 0 Å². The van der Waals surface area contributed by atoms with Crippen LogP contribution >= 0.6 is 0 Å². The van der Waals surface area contributed by atoms with Gasteiger partial charge in [0.2, 0.25) is 5.91 Å². The van der Waals surface area contributed by atoms with E-state index in [9.17, 15) is 14.0 Å². The predicted octanol–water partition coefficient (Wildman–Crippen LogP) is 3.19. The van der Waals surface area contributed by atoms with Gasteiger partial charge in [0, 0.05) is 12.1 Å². The molecular weight excluding hydrogens is 313 g/mol. The van der Waals surface area contributed by atoms with Gasteiger partial charge in [-0.1, -0.05) is 6.07 Å². The van der Waals surface area contributed by atoms with Crippen molar-refractivity contribution in [1.29, 1.82) is 0 Å². The van der Waals surface area contributed by atoms with Crippen molar-refractivity contribution in [2.24, 2.45) is 0 Å². The number of amides is 1. The maximum Gasteiger partial charge on any atom is 0.337 e. The Kier molecular flexibility index (Phi) is 5.89. The fourth-order valence-electron chi connectivity index (χ4n) is 2.15. The zero-order valence-corrected chi connectivity index (χ0v) is 13.5. The number of halogens is 1. The topological polar surface area (TPSA) is 64.6 Å². The highest BCUT2D eigenvalue weighted by molar-refractivity contribution is 5.93. The molecule has 1 N–H and O–H groups in total. The summed E-state index contributed by atoms with van der Waals surface area (Å²) in [6.45, 7) is 0. The summed E-state index contributed by atoms with van der Waals surface area (Å²) in [5, 5.41) is 2.72. The van der Waals surface area contributed by atoms with E-state index in [0.29, 0.717) is 23.2 Å². The molecule has 0 radical (unpaired) electrons. The summed E-state index contributed by atoms with van der Waals surface area (Å²) in [4.78, 5) is 23.3. The fraction of sp³-hybridized carbons (Fsp3) is 0.222. The molecule has 1 amide bonds. The van der Waals surface area contributed by atoms with E-state index in [1.165, 1.54) is 26.4 Å². The van der Waals surface area contributed by atoms with Crippen LogP contribution in [0.3, 0.4) is 0 Å². The molecule has 0 bridgehead atoms. The molecular formula is C18H18FNO4. The Bertz CT molecular complexity index is 728. The first kappa shape index (κ1) is 17.5. The minimum absolute atomic E-state index is 0.175. The van der Waals surface area contributed by atoms with Crippen LogP contribution in [0.2, 0.25) is 0 Å². The molecule has 2 aromatic carbocycles. The third-order valence-corrected chi connectivity index (χ3v) is 3.45. The lowest BCUT2D eigenvalue weighted by molar-refractivity contribution is -0.116. The van der Waals surface area contributed by atoms with E-state index in [0.717, 1.165) is 0 Å². The molecule has 0 spiro atoms. The molecule has 2 aromatic rings. The number of benzene rings is 2. The van der Waals surface area contributed by atoms with Crippen LogP contribution in [-0.4, -0.2) is 26.1 Å². The lowest BCUT2D eigenvalue weighted by atomic mass is 10.1. The van der Waals surface area contributed by atoms with Gasteiger partial charge >= 0.3 is 5.97 Å². The van der Waals surface area contributed by atoms with Crippen LogP contribution in [0.4, 0.5) is 10.1 Å².